The number of alkyl halides is 5. The second kappa shape index (κ2) is 5.38. The molecule has 0 saturated carbocycles. The summed E-state index contributed by atoms with van der Waals surface area (Å²) in [4.78, 5) is 10.4. The molecular formula is C10H14F5NO2. The zero-order valence-corrected chi connectivity index (χ0v) is 9.69. The van der Waals surface area contributed by atoms with E-state index in [2.05, 4.69) is 10.1 Å². The fraction of sp³-hybridized carbons (Fsp3) is 0.900. The third-order valence-electron chi connectivity index (χ3n) is 2.97. The Labute approximate surface area is 101 Å². The summed E-state index contributed by atoms with van der Waals surface area (Å²) in [6.45, 7) is 0.862. The van der Waals surface area contributed by atoms with Crippen molar-refractivity contribution in [2.75, 3.05) is 19.7 Å². The molecule has 0 spiro atoms. The van der Waals surface area contributed by atoms with Crippen LogP contribution < -0.4 is 5.32 Å². The van der Waals surface area contributed by atoms with E-state index in [0.29, 0.717) is 0 Å². The highest BCUT2D eigenvalue weighted by molar-refractivity contribution is 5.75. The van der Waals surface area contributed by atoms with E-state index in [4.69, 9.17) is 0 Å². The Hall–Kier alpha value is -0.920. The van der Waals surface area contributed by atoms with Gasteiger partial charge in [0.15, 0.2) is 0 Å². The summed E-state index contributed by atoms with van der Waals surface area (Å²) in [6.07, 6.45) is -5.38. The topological polar surface area (TPSA) is 38.3 Å². The maximum absolute atomic E-state index is 13.6. The van der Waals surface area contributed by atoms with E-state index in [1.165, 1.54) is 6.92 Å². The van der Waals surface area contributed by atoms with Crippen molar-refractivity contribution in [1.29, 1.82) is 0 Å². The standard InChI is InChI=1S/C10H14F5NO2/c1-6-4-16-5-7(9(6,11)12)2-3-18-8(17)10(13,14)15/h6-7,16H,2-5H2,1H3/t6-,7+/m0/s1. The van der Waals surface area contributed by atoms with Crippen LogP contribution in [-0.2, 0) is 9.53 Å². The molecule has 0 unspecified atom stereocenters. The van der Waals surface area contributed by atoms with Gasteiger partial charge in [-0.25, -0.2) is 13.6 Å². The third kappa shape index (κ3) is 3.54. The molecule has 3 nitrogen and oxygen atoms in total. The molecule has 0 aliphatic carbocycles. The highest BCUT2D eigenvalue weighted by Gasteiger charge is 2.47. The lowest BCUT2D eigenvalue weighted by molar-refractivity contribution is -0.201. The van der Waals surface area contributed by atoms with Crippen LogP contribution in [0.25, 0.3) is 0 Å². The summed E-state index contributed by atoms with van der Waals surface area (Å²) in [7, 11) is 0. The average Bonchev–Trinajstić information content (AvgIpc) is 2.23. The van der Waals surface area contributed by atoms with Crippen LogP contribution >= 0.6 is 0 Å². The molecule has 1 aliphatic rings. The van der Waals surface area contributed by atoms with Crippen LogP contribution in [0.15, 0.2) is 0 Å². The van der Waals surface area contributed by atoms with Crippen molar-refractivity contribution in [2.45, 2.75) is 25.4 Å². The number of carbonyl (C=O) groups excluding carboxylic acids is 1. The number of piperidine rings is 1. The normalized spacial score (nSPS) is 27.9. The van der Waals surface area contributed by atoms with E-state index in [1.54, 1.807) is 0 Å². The number of hydrogen-bond donors (Lipinski definition) is 1. The SMILES string of the molecule is C[C@H]1CNC[C@@H](CCOC(=O)C(F)(F)F)C1(F)F. The molecule has 18 heavy (non-hydrogen) atoms. The van der Waals surface area contributed by atoms with E-state index in [-0.39, 0.29) is 19.5 Å². The van der Waals surface area contributed by atoms with Crippen molar-refractivity contribution in [3.05, 3.63) is 0 Å². The minimum absolute atomic E-state index is 0.000901. The van der Waals surface area contributed by atoms with Crippen molar-refractivity contribution in [2.24, 2.45) is 11.8 Å². The Kier molecular flexibility index (Phi) is 4.52. The van der Waals surface area contributed by atoms with Gasteiger partial charge in [-0.15, -0.1) is 0 Å². The summed E-state index contributed by atoms with van der Waals surface area (Å²) in [6, 6.07) is 0. The Morgan fingerprint density at radius 2 is 2.00 bits per heavy atom. The number of esters is 1. The number of rotatable bonds is 3. The molecule has 1 rings (SSSR count). The predicted molar refractivity (Wildman–Crippen MR) is 52.1 cm³/mol. The molecule has 1 fully saturated rings. The minimum Gasteiger partial charge on any atom is -0.459 e. The molecule has 0 amide bonds. The molecule has 8 heteroatoms. The molecule has 0 bridgehead atoms. The molecule has 1 saturated heterocycles. The van der Waals surface area contributed by atoms with Gasteiger partial charge in [0, 0.05) is 24.9 Å². The minimum atomic E-state index is -5.08. The van der Waals surface area contributed by atoms with Crippen LogP contribution in [0.3, 0.4) is 0 Å². The first-order valence-electron chi connectivity index (χ1n) is 5.48. The molecule has 1 aliphatic heterocycles. The summed E-state index contributed by atoms with van der Waals surface area (Å²) < 4.78 is 66.5. The zero-order valence-electron chi connectivity index (χ0n) is 9.69. The van der Waals surface area contributed by atoms with E-state index < -0.39 is 36.5 Å². The molecule has 106 valence electrons. The molecule has 0 radical (unpaired) electrons. The van der Waals surface area contributed by atoms with E-state index in [1.807, 2.05) is 0 Å². The first kappa shape index (κ1) is 15.1. The summed E-state index contributed by atoms with van der Waals surface area (Å²) in [5.41, 5.74) is 0. The first-order chi connectivity index (χ1) is 8.15. The van der Waals surface area contributed by atoms with Gasteiger partial charge in [0.05, 0.1) is 6.61 Å². The first-order valence-corrected chi connectivity index (χ1v) is 5.48. The number of ether oxygens (including phenoxy) is 1. The lowest BCUT2D eigenvalue weighted by atomic mass is 9.85. The lowest BCUT2D eigenvalue weighted by Crippen LogP contribution is -2.51. The van der Waals surface area contributed by atoms with Gasteiger partial charge >= 0.3 is 12.1 Å². The van der Waals surface area contributed by atoms with E-state index in [9.17, 15) is 26.7 Å². The Morgan fingerprint density at radius 1 is 1.39 bits per heavy atom. The summed E-state index contributed by atoms with van der Waals surface area (Å²) in [5, 5.41) is 2.77. The fourth-order valence-corrected chi connectivity index (χ4v) is 1.82. The average molecular weight is 275 g/mol. The molecule has 1 heterocycles. The lowest BCUT2D eigenvalue weighted by Gasteiger charge is -2.36. The highest BCUT2D eigenvalue weighted by Crippen LogP contribution is 2.36. The molecule has 0 aromatic rings. The Balaban J connectivity index is 2.42. The van der Waals surface area contributed by atoms with Gasteiger partial charge in [-0.3, -0.25) is 0 Å². The van der Waals surface area contributed by atoms with Crippen molar-refractivity contribution in [3.8, 4) is 0 Å². The van der Waals surface area contributed by atoms with E-state index >= 15 is 0 Å². The molecule has 1 N–H and O–H groups in total. The van der Waals surface area contributed by atoms with Crippen LogP contribution in [0.5, 0.6) is 0 Å². The largest absolute Gasteiger partial charge is 0.490 e. The smallest absolute Gasteiger partial charge is 0.459 e. The summed E-state index contributed by atoms with van der Waals surface area (Å²) in [5.74, 6) is -7.32. The van der Waals surface area contributed by atoms with Crippen molar-refractivity contribution >= 4 is 5.97 Å². The fourth-order valence-electron chi connectivity index (χ4n) is 1.82. The van der Waals surface area contributed by atoms with Gasteiger partial charge in [-0.1, -0.05) is 6.92 Å². The van der Waals surface area contributed by atoms with Crippen LogP contribution in [0, 0.1) is 11.8 Å². The van der Waals surface area contributed by atoms with Crippen molar-refractivity contribution in [3.63, 3.8) is 0 Å². The number of nitrogens with one attached hydrogen (secondary N) is 1. The molecule has 0 aromatic carbocycles. The monoisotopic (exact) mass is 275 g/mol. The Morgan fingerprint density at radius 3 is 2.56 bits per heavy atom. The van der Waals surface area contributed by atoms with Gasteiger partial charge in [-0.05, 0) is 6.42 Å². The maximum Gasteiger partial charge on any atom is 0.490 e. The highest BCUT2D eigenvalue weighted by atomic mass is 19.4. The van der Waals surface area contributed by atoms with Crippen molar-refractivity contribution < 1.29 is 31.5 Å². The predicted octanol–water partition coefficient (Wildman–Crippen LogP) is 1.97. The second-order valence-electron chi connectivity index (χ2n) is 4.35. The number of halogens is 5. The van der Waals surface area contributed by atoms with Gasteiger partial charge in [0.2, 0.25) is 0 Å². The maximum atomic E-state index is 13.6. The van der Waals surface area contributed by atoms with Crippen LogP contribution in [0.4, 0.5) is 22.0 Å². The van der Waals surface area contributed by atoms with Gasteiger partial charge < -0.3 is 10.1 Å². The van der Waals surface area contributed by atoms with Gasteiger partial charge in [0.25, 0.3) is 5.92 Å². The van der Waals surface area contributed by atoms with Gasteiger partial charge in [-0.2, -0.15) is 13.2 Å². The Bertz CT molecular complexity index is 305. The molecular weight excluding hydrogens is 261 g/mol. The van der Waals surface area contributed by atoms with E-state index in [0.717, 1.165) is 0 Å². The van der Waals surface area contributed by atoms with Crippen LogP contribution in [0.2, 0.25) is 0 Å². The molecule has 2 atom stereocenters. The number of hydrogen-bond acceptors (Lipinski definition) is 3. The van der Waals surface area contributed by atoms with Crippen molar-refractivity contribution in [1.82, 2.24) is 5.32 Å². The van der Waals surface area contributed by atoms with Crippen LogP contribution in [0.1, 0.15) is 13.3 Å². The second-order valence-corrected chi connectivity index (χ2v) is 4.35. The number of carbonyl (C=O) groups is 1. The zero-order chi connectivity index (χ0) is 14.0. The summed E-state index contributed by atoms with van der Waals surface area (Å²) >= 11 is 0. The third-order valence-corrected chi connectivity index (χ3v) is 2.97. The molecule has 0 aromatic heterocycles. The van der Waals surface area contributed by atoms with Crippen LogP contribution in [-0.4, -0.2) is 37.8 Å². The van der Waals surface area contributed by atoms with Gasteiger partial charge in [0.1, 0.15) is 0 Å². The quantitative estimate of drug-likeness (QED) is 0.632.